The van der Waals surface area contributed by atoms with E-state index in [1.165, 1.54) is 5.69 Å². The Morgan fingerprint density at radius 3 is 2.35 bits per heavy atom. The molecule has 2 aromatic rings. The largest absolute Gasteiger partial charge is 0.444 e. The van der Waals surface area contributed by atoms with Gasteiger partial charge in [0.15, 0.2) is 0 Å². The number of piperidine rings is 1. The Balaban J connectivity index is 1.29. The number of anilines is 1. The average molecular weight is 469 g/mol. The van der Waals surface area contributed by atoms with E-state index in [0.29, 0.717) is 25.3 Å². The number of likely N-dealkylation sites (tertiary alicyclic amines) is 1. The molecule has 0 radical (unpaired) electrons. The lowest BCUT2D eigenvalue weighted by atomic mass is 10.0. The highest BCUT2D eigenvalue weighted by molar-refractivity contribution is 5.92. The van der Waals surface area contributed by atoms with E-state index in [0.717, 1.165) is 44.7 Å². The molecule has 3 heterocycles. The smallest absolute Gasteiger partial charge is 0.410 e. The number of hydrogen-bond donors (Lipinski definition) is 1. The van der Waals surface area contributed by atoms with Crippen molar-refractivity contribution in [3.63, 3.8) is 0 Å². The van der Waals surface area contributed by atoms with Gasteiger partial charge in [-0.25, -0.2) is 4.79 Å². The quantitative estimate of drug-likeness (QED) is 0.722. The van der Waals surface area contributed by atoms with Gasteiger partial charge in [0, 0.05) is 50.6 Å². The minimum absolute atomic E-state index is 0.0863. The van der Waals surface area contributed by atoms with Crippen molar-refractivity contribution in [2.45, 2.75) is 51.8 Å². The molecule has 1 aromatic carbocycles. The van der Waals surface area contributed by atoms with Crippen molar-refractivity contribution in [2.24, 2.45) is 0 Å². The maximum absolute atomic E-state index is 12.9. The normalized spacial score (nSPS) is 17.5. The number of hydrogen-bond acceptors (Lipinski definition) is 5. The molecule has 1 N–H and O–H groups in total. The van der Waals surface area contributed by atoms with Gasteiger partial charge in [0.05, 0.1) is 13.2 Å². The van der Waals surface area contributed by atoms with Gasteiger partial charge in [0.2, 0.25) is 0 Å². The van der Waals surface area contributed by atoms with Crippen LogP contribution in [0.5, 0.6) is 0 Å². The predicted octanol–water partition coefficient (Wildman–Crippen LogP) is 3.83. The molecular weight excluding hydrogens is 432 g/mol. The Hall–Kier alpha value is -3.00. The molecule has 1 aromatic heterocycles. The van der Waals surface area contributed by atoms with Crippen molar-refractivity contribution < 1.29 is 19.1 Å². The summed E-state index contributed by atoms with van der Waals surface area (Å²) in [6.45, 7) is 10.7. The Morgan fingerprint density at radius 1 is 1.03 bits per heavy atom. The van der Waals surface area contributed by atoms with Crippen LogP contribution in [-0.4, -0.2) is 66.5 Å². The standard InChI is InChI=1S/C26H36N4O4/c1-26(2,3)34-25(32)29-13-10-22(11-14-29)30-12-4-5-23(30)24(31)27-19-20-6-8-21(9-7-20)28-15-17-33-18-16-28/h4-9,12,22H,10-11,13-19H2,1-3H3,(H,27,31). The molecule has 8 nitrogen and oxygen atoms in total. The average Bonchev–Trinajstić information content (AvgIpc) is 3.33. The first-order valence-electron chi connectivity index (χ1n) is 12.1. The number of nitrogens with zero attached hydrogens (tertiary/aromatic N) is 3. The van der Waals surface area contributed by atoms with Gasteiger partial charge in [0.1, 0.15) is 11.3 Å². The van der Waals surface area contributed by atoms with Crippen molar-refractivity contribution in [2.75, 3.05) is 44.3 Å². The first-order valence-corrected chi connectivity index (χ1v) is 12.1. The number of carbonyl (C=O) groups excluding carboxylic acids is 2. The fourth-order valence-electron chi connectivity index (χ4n) is 4.48. The van der Waals surface area contributed by atoms with Crippen LogP contribution in [0.15, 0.2) is 42.6 Å². The van der Waals surface area contributed by atoms with Crippen LogP contribution in [0.2, 0.25) is 0 Å². The monoisotopic (exact) mass is 468 g/mol. The van der Waals surface area contributed by atoms with Crippen molar-refractivity contribution in [1.29, 1.82) is 0 Å². The number of nitrogens with one attached hydrogen (secondary N) is 1. The zero-order chi connectivity index (χ0) is 24.1. The number of rotatable bonds is 5. The molecule has 4 rings (SSSR count). The van der Waals surface area contributed by atoms with Gasteiger partial charge >= 0.3 is 6.09 Å². The third-order valence-electron chi connectivity index (χ3n) is 6.29. The third kappa shape index (κ3) is 6.11. The summed E-state index contributed by atoms with van der Waals surface area (Å²) in [4.78, 5) is 29.4. The molecular formula is C26H36N4O4. The van der Waals surface area contributed by atoms with Crippen LogP contribution in [0.3, 0.4) is 0 Å². The topological polar surface area (TPSA) is 76.0 Å². The molecule has 0 bridgehead atoms. The van der Waals surface area contributed by atoms with Crippen molar-refractivity contribution in [3.05, 3.63) is 53.9 Å². The highest BCUT2D eigenvalue weighted by Gasteiger charge is 2.28. The lowest BCUT2D eigenvalue weighted by molar-refractivity contribution is 0.0187. The zero-order valence-electron chi connectivity index (χ0n) is 20.5. The first-order chi connectivity index (χ1) is 16.3. The molecule has 2 saturated heterocycles. The van der Waals surface area contributed by atoms with E-state index in [4.69, 9.17) is 9.47 Å². The summed E-state index contributed by atoms with van der Waals surface area (Å²) in [6, 6.07) is 12.3. The Kier molecular flexibility index (Phi) is 7.46. The van der Waals surface area contributed by atoms with Gasteiger partial charge in [-0.15, -0.1) is 0 Å². The van der Waals surface area contributed by atoms with Crippen LogP contribution in [0, 0.1) is 0 Å². The summed E-state index contributed by atoms with van der Waals surface area (Å²) < 4.78 is 13.0. The summed E-state index contributed by atoms with van der Waals surface area (Å²) in [5, 5.41) is 3.05. The van der Waals surface area contributed by atoms with E-state index < -0.39 is 5.60 Å². The van der Waals surface area contributed by atoms with Gasteiger partial charge in [0.25, 0.3) is 5.91 Å². The molecule has 2 fully saturated rings. The van der Waals surface area contributed by atoms with E-state index >= 15 is 0 Å². The van der Waals surface area contributed by atoms with Gasteiger partial charge in [-0.05, 0) is 63.4 Å². The van der Waals surface area contributed by atoms with E-state index in [2.05, 4.69) is 34.5 Å². The van der Waals surface area contributed by atoms with Crippen molar-refractivity contribution in [3.8, 4) is 0 Å². The second kappa shape index (κ2) is 10.5. The first kappa shape index (κ1) is 24.1. The molecule has 2 aliphatic rings. The number of morpholine rings is 1. The SMILES string of the molecule is CC(C)(C)OC(=O)N1CCC(n2cccc2C(=O)NCc2ccc(N3CCOCC3)cc2)CC1. The maximum atomic E-state index is 12.9. The van der Waals surface area contributed by atoms with Gasteiger partial charge < -0.3 is 29.2 Å². The summed E-state index contributed by atoms with van der Waals surface area (Å²) in [7, 11) is 0. The molecule has 0 unspecified atom stereocenters. The van der Waals surface area contributed by atoms with Crippen LogP contribution in [0.1, 0.15) is 55.7 Å². The Morgan fingerprint density at radius 2 is 1.71 bits per heavy atom. The fourth-order valence-corrected chi connectivity index (χ4v) is 4.48. The van der Waals surface area contributed by atoms with E-state index in [-0.39, 0.29) is 18.0 Å². The summed E-state index contributed by atoms with van der Waals surface area (Å²) in [5.74, 6) is -0.0863. The lowest BCUT2D eigenvalue weighted by Gasteiger charge is -2.34. The Labute approximate surface area is 201 Å². The van der Waals surface area contributed by atoms with Crippen LogP contribution in [-0.2, 0) is 16.0 Å². The summed E-state index contributed by atoms with van der Waals surface area (Å²) >= 11 is 0. The highest BCUT2D eigenvalue weighted by Crippen LogP contribution is 2.26. The van der Waals surface area contributed by atoms with Crippen LogP contribution in [0.4, 0.5) is 10.5 Å². The Bertz CT molecular complexity index is 965. The fraction of sp³-hybridized carbons (Fsp3) is 0.538. The van der Waals surface area contributed by atoms with Crippen LogP contribution in [0.25, 0.3) is 0 Å². The summed E-state index contributed by atoms with van der Waals surface area (Å²) in [5.41, 5.74) is 2.40. The third-order valence-corrected chi connectivity index (χ3v) is 6.29. The van der Waals surface area contributed by atoms with Gasteiger partial charge in [-0.3, -0.25) is 4.79 Å². The maximum Gasteiger partial charge on any atom is 0.410 e. The highest BCUT2D eigenvalue weighted by atomic mass is 16.6. The van der Waals surface area contributed by atoms with E-state index in [1.807, 2.05) is 43.7 Å². The van der Waals surface area contributed by atoms with Crippen molar-refractivity contribution >= 4 is 17.7 Å². The molecule has 2 amide bonds. The number of aromatic nitrogens is 1. The number of carbonyl (C=O) groups is 2. The minimum atomic E-state index is -0.498. The second-order valence-corrected chi connectivity index (χ2v) is 9.95. The number of ether oxygens (including phenoxy) is 2. The molecule has 8 heteroatoms. The van der Waals surface area contributed by atoms with Crippen LogP contribution < -0.4 is 10.2 Å². The molecule has 0 spiro atoms. The molecule has 0 aliphatic carbocycles. The van der Waals surface area contributed by atoms with Crippen molar-refractivity contribution in [1.82, 2.24) is 14.8 Å². The molecule has 34 heavy (non-hydrogen) atoms. The molecule has 2 aliphatic heterocycles. The minimum Gasteiger partial charge on any atom is -0.444 e. The summed E-state index contributed by atoms with van der Waals surface area (Å²) in [6.07, 6.45) is 3.27. The molecule has 0 atom stereocenters. The number of benzene rings is 1. The molecule has 0 saturated carbocycles. The van der Waals surface area contributed by atoms with Gasteiger partial charge in [-0.1, -0.05) is 12.1 Å². The lowest BCUT2D eigenvalue weighted by Crippen LogP contribution is -2.42. The number of amides is 2. The van der Waals surface area contributed by atoms with Gasteiger partial charge in [-0.2, -0.15) is 0 Å². The van der Waals surface area contributed by atoms with E-state index in [9.17, 15) is 9.59 Å². The zero-order valence-corrected chi connectivity index (χ0v) is 20.5. The molecule has 184 valence electrons. The second-order valence-electron chi connectivity index (χ2n) is 9.95. The van der Waals surface area contributed by atoms with Crippen LogP contribution >= 0.6 is 0 Å². The predicted molar refractivity (Wildman–Crippen MR) is 131 cm³/mol. The van der Waals surface area contributed by atoms with E-state index in [1.54, 1.807) is 4.90 Å².